The average Bonchev–Trinajstić information content (AvgIpc) is 2.32. The minimum absolute atomic E-state index is 0.0722. The summed E-state index contributed by atoms with van der Waals surface area (Å²) in [6, 6.07) is 7.01. The summed E-state index contributed by atoms with van der Waals surface area (Å²) in [4.78, 5) is 0. The molecule has 0 aliphatic rings. The zero-order chi connectivity index (χ0) is 13.6. The van der Waals surface area contributed by atoms with E-state index in [0.29, 0.717) is 30.9 Å². The summed E-state index contributed by atoms with van der Waals surface area (Å²) in [6.45, 7) is 2.99. The van der Waals surface area contributed by atoms with Crippen molar-refractivity contribution in [3.63, 3.8) is 0 Å². The Labute approximate surface area is 109 Å². The number of likely N-dealkylation sites (N-methyl/N-ethyl adjacent to an activating group) is 1. The van der Waals surface area contributed by atoms with Crippen molar-refractivity contribution < 1.29 is 13.2 Å². The predicted octanol–water partition coefficient (Wildman–Crippen LogP) is 1.07. The SMILES string of the molecule is CCN(CCOC)S(=O)(=O)Cc1ccccc1N. The summed E-state index contributed by atoms with van der Waals surface area (Å²) in [5.74, 6) is -0.0722. The van der Waals surface area contributed by atoms with Crippen molar-refractivity contribution >= 4 is 15.7 Å². The molecule has 18 heavy (non-hydrogen) atoms. The zero-order valence-corrected chi connectivity index (χ0v) is 11.6. The van der Waals surface area contributed by atoms with E-state index >= 15 is 0 Å². The molecule has 0 saturated heterocycles. The summed E-state index contributed by atoms with van der Waals surface area (Å²) in [5, 5.41) is 0. The maximum Gasteiger partial charge on any atom is 0.218 e. The van der Waals surface area contributed by atoms with Gasteiger partial charge in [0.2, 0.25) is 10.0 Å². The van der Waals surface area contributed by atoms with Crippen molar-refractivity contribution in [2.24, 2.45) is 0 Å². The number of methoxy groups -OCH3 is 1. The molecule has 2 N–H and O–H groups in total. The van der Waals surface area contributed by atoms with Crippen LogP contribution in [0.25, 0.3) is 0 Å². The first-order valence-corrected chi connectivity index (χ1v) is 7.42. The van der Waals surface area contributed by atoms with Crippen molar-refractivity contribution in [1.82, 2.24) is 4.31 Å². The first-order valence-electron chi connectivity index (χ1n) is 5.81. The smallest absolute Gasteiger partial charge is 0.218 e. The van der Waals surface area contributed by atoms with Gasteiger partial charge in [-0.3, -0.25) is 0 Å². The maximum atomic E-state index is 12.2. The number of nitrogens with zero attached hydrogens (tertiary/aromatic N) is 1. The van der Waals surface area contributed by atoms with Gasteiger partial charge < -0.3 is 10.5 Å². The lowest BCUT2D eigenvalue weighted by Gasteiger charge is -2.20. The van der Waals surface area contributed by atoms with E-state index in [4.69, 9.17) is 10.5 Å². The molecule has 6 heteroatoms. The van der Waals surface area contributed by atoms with Gasteiger partial charge in [0, 0.05) is 25.9 Å². The number of hydrogen-bond acceptors (Lipinski definition) is 4. The molecule has 5 nitrogen and oxygen atoms in total. The molecule has 0 bridgehead atoms. The number of rotatable bonds is 7. The Balaban J connectivity index is 2.83. The molecule has 0 aromatic heterocycles. The zero-order valence-electron chi connectivity index (χ0n) is 10.8. The van der Waals surface area contributed by atoms with E-state index in [2.05, 4.69) is 0 Å². The van der Waals surface area contributed by atoms with Crippen LogP contribution in [0.15, 0.2) is 24.3 Å². The number of anilines is 1. The van der Waals surface area contributed by atoms with Gasteiger partial charge in [-0.1, -0.05) is 25.1 Å². The van der Waals surface area contributed by atoms with Crippen molar-refractivity contribution in [2.45, 2.75) is 12.7 Å². The van der Waals surface area contributed by atoms with Crippen molar-refractivity contribution in [3.05, 3.63) is 29.8 Å². The molecule has 0 fully saturated rings. The summed E-state index contributed by atoms with van der Waals surface area (Å²) in [5.41, 5.74) is 6.90. The van der Waals surface area contributed by atoms with E-state index in [1.807, 2.05) is 6.92 Å². The third-order valence-electron chi connectivity index (χ3n) is 2.68. The van der Waals surface area contributed by atoms with Crippen LogP contribution >= 0.6 is 0 Å². The average molecular weight is 272 g/mol. The second-order valence-electron chi connectivity index (χ2n) is 3.94. The fraction of sp³-hybridized carbons (Fsp3) is 0.500. The van der Waals surface area contributed by atoms with Crippen LogP contribution in [0.5, 0.6) is 0 Å². The normalized spacial score (nSPS) is 11.9. The van der Waals surface area contributed by atoms with Gasteiger partial charge in [-0.25, -0.2) is 8.42 Å². The molecule has 0 radical (unpaired) electrons. The Morgan fingerprint density at radius 2 is 2.00 bits per heavy atom. The van der Waals surface area contributed by atoms with Crippen LogP contribution in [0.3, 0.4) is 0 Å². The standard InChI is InChI=1S/C12H20N2O3S/c1-3-14(8-9-17-2)18(15,16)10-11-6-4-5-7-12(11)13/h4-7H,3,8-10,13H2,1-2H3. The summed E-state index contributed by atoms with van der Waals surface area (Å²) in [7, 11) is -1.80. The van der Waals surface area contributed by atoms with E-state index in [1.54, 1.807) is 31.4 Å². The van der Waals surface area contributed by atoms with Gasteiger partial charge >= 0.3 is 0 Å². The van der Waals surface area contributed by atoms with E-state index in [9.17, 15) is 8.42 Å². The van der Waals surface area contributed by atoms with Gasteiger partial charge in [-0.05, 0) is 11.6 Å². The lowest BCUT2D eigenvalue weighted by molar-refractivity contribution is 0.180. The highest BCUT2D eigenvalue weighted by atomic mass is 32.2. The molecule has 0 aliphatic carbocycles. The first kappa shape index (κ1) is 14.9. The predicted molar refractivity (Wildman–Crippen MR) is 72.6 cm³/mol. The van der Waals surface area contributed by atoms with Gasteiger partial charge in [0.25, 0.3) is 0 Å². The Kier molecular flexibility index (Phi) is 5.58. The van der Waals surface area contributed by atoms with Gasteiger partial charge in [-0.15, -0.1) is 0 Å². The number of nitrogen functional groups attached to an aromatic ring is 1. The summed E-state index contributed by atoms with van der Waals surface area (Å²) in [6.07, 6.45) is 0. The van der Waals surface area contributed by atoms with Gasteiger partial charge in [0.1, 0.15) is 0 Å². The molecular formula is C12H20N2O3S. The molecule has 0 saturated carbocycles. The molecule has 0 spiro atoms. The summed E-state index contributed by atoms with van der Waals surface area (Å²) >= 11 is 0. The molecule has 0 amide bonds. The third-order valence-corrected chi connectivity index (χ3v) is 4.59. The maximum absolute atomic E-state index is 12.2. The molecule has 0 atom stereocenters. The van der Waals surface area contributed by atoms with E-state index in [0.717, 1.165) is 0 Å². The Hall–Kier alpha value is -1.11. The van der Waals surface area contributed by atoms with Crippen LogP contribution in [-0.4, -0.2) is 39.5 Å². The lowest BCUT2D eigenvalue weighted by Crippen LogP contribution is -2.34. The highest BCUT2D eigenvalue weighted by molar-refractivity contribution is 7.88. The molecule has 1 rings (SSSR count). The van der Waals surface area contributed by atoms with Crippen molar-refractivity contribution in [3.8, 4) is 0 Å². The quantitative estimate of drug-likeness (QED) is 0.754. The minimum Gasteiger partial charge on any atom is -0.398 e. The second-order valence-corrected chi connectivity index (χ2v) is 5.91. The van der Waals surface area contributed by atoms with Crippen LogP contribution in [0.4, 0.5) is 5.69 Å². The van der Waals surface area contributed by atoms with Crippen LogP contribution in [0, 0.1) is 0 Å². The Morgan fingerprint density at radius 3 is 2.56 bits per heavy atom. The van der Waals surface area contributed by atoms with Crippen LogP contribution in [0.1, 0.15) is 12.5 Å². The molecule has 1 aromatic rings. The Morgan fingerprint density at radius 1 is 1.33 bits per heavy atom. The molecule has 0 heterocycles. The molecule has 1 aromatic carbocycles. The number of sulfonamides is 1. The largest absolute Gasteiger partial charge is 0.398 e. The van der Waals surface area contributed by atoms with Gasteiger partial charge in [0.15, 0.2) is 0 Å². The lowest BCUT2D eigenvalue weighted by atomic mass is 10.2. The fourth-order valence-electron chi connectivity index (χ4n) is 1.64. The fourth-order valence-corrected chi connectivity index (χ4v) is 3.23. The highest BCUT2D eigenvalue weighted by Gasteiger charge is 2.21. The van der Waals surface area contributed by atoms with Crippen molar-refractivity contribution in [2.75, 3.05) is 32.5 Å². The minimum atomic E-state index is -3.35. The Bertz CT molecular complexity index is 474. The number of ether oxygens (including phenoxy) is 1. The van der Waals surface area contributed by atoms with Crippen LogP contribution in [0.2, 0.25) is 0 Å². The number of para-hydroxylation sites is 1. The highest BCUT2D eigenvalue weighted by Crippen LogP contribution is 2.16. The second kappa shape index (κ2) is 6.72. The van der Waals surface area contributed by atoms with Crippen molar-refractivity contribution in [1.29, 1.82) is 0 Å². The van der Waals surface area contributed by atoms with E-state index < -0.39 is 10.0 Å². The number of hydrogen-bond donors (Lipinski definition) is 1. The van der Waals surface area contributed by atoms with Crippen LogP contribution in [-0.2, 0) is 20.5 Å². The van der Waals surface area contributed by atoms with E-state index in [1.165, 1.54) is 4.31 Å². The molecular weight excluding hydrogens is 252 g/mol. The number of benzene rings is 1. The van der Waals surface area contributed by atoms with Gasteiger partial charge in [0.05, 0.1) is 12.4 Å². The monoisotopic (exact) mass is 272 g/mol. The topological polar surface area (TPSA) is 72.6 Å². The third kappa shape index (κ3) is 3.97. The van der Waals surface area contributed by atoms with Gasteiger partial charge in [-0.2, -0.15) is 4.31 Å². The summed E-state index contributed by atoms with van der Waals surface area (Å²) < 4.78 is 30.7. The van der Waals surface area contributed by atoms with E-state index in [-0.39, 0.29) is 5.75 Å². The molecule has 102 valence electrons. The van der Waals surface area contributed by atoms with Crippen LogP contribution < -0.4 is 5.73 Å². The molecule has 0 aliphatic heterocycles. The molecule has 0 unspecified atom stereocenters. The first-order chi connectivity index (χ1) is 8.51. The number of nitrogens with two attached hydrogens (primary N) is 1.